The number of rotatable bonds is 3. The summed E-state index contributed by atoms with van der Waals surface area (Å²) in [6.45, 7) is 0. The van der Waals surface area contributed by atoms with Crippen molar-refractivity contribution in [2.24, 2.45) is 0 Å². The smallest absolute Gasteiger partial charge is 0.416 e. The minimum atomic E-state index is -4.44. The highest BCUT2D eigenvalue weighted by atomic mass is 19.4. The molecule has 0 aliphatic heterocycles. The van der Waals surface area contributed by atoms with Gasteiger partial charge in [-0.1, -0.05) is 12.1 Å². The third-order valence-corrected chi connectivity index (χ3v) is 3.69. The summed E-state index contributed by atoms with van der Waals surface area (Å²) in [7, 11) is 0. The van der Waals surface area contributed by atoms with E-state index >= 15 is 0 Å². The van der Waals surface area contributed by atoms with Crippen LogP contribution in [0, 0.1) is 0 Å². The fourth-order valence-electron chi connectivity index (χ4n) is 2.43. The molecular weight excluding hydrogens is 365 g/mol. The fourth-order valence-corrected chi connectivity index (χ4v) is 2.43. The molecule has 27 heavy (non-hydrogen) atoms. The summed E-state index contributed by atoms with van der Waals surface area (Å²) >= 11 is 0. The third kappa shape index (κ3) is 3.10. The molecule has 0 bridgehead atoms. The topological polar surface area (TPSA) is 91.6 Å². The first kappa shape index (κ1) is 16.7. The summed E-state index contributed by atoms with van der Waals surface area (Å²) in [5.74, 6) is 0.506. The summed E-state index contributed by atoms with van der Waals surface area (Å²) in [6, 6.07) is 5.86. The first-order valence-corrected chi connectivity index (χ1v) is 7.50. The molecule has 0 unspecified atom stereocenters. The van der Waals surface area contributed by atoms with Crippen LogP contribution in [-0.4, -0.2) is 29.3 Å². The first-order chi connectivity index (χ1) is 12.9. The second-order valence-corrected chi connectivity index (χ2v) is 5.36. The Kier molecular flexibility index (Phi) is 3.83. The monoisotopic (exact) mass is 374 g/mol. The highest BCUT2D eigenvalue weighted by Gasteiger charge is 2.30. The molecule has 0 atom stereocenters. The van der Waals surface area contributed by atoms with Crippen molar-refractivity contribution in [3.8, 4) is 23.0 Å². The lowest BCUT2D eigenvalue weighted by atomic mass is 10.1. The number of hydrogen-bond acceptors (Lipinski definition) is 6. The van der Waals surface area contributed by atoms with Gasteiger partial charge in [-0.3, -0.25) is 0 Å². The highest BCUT2D eigenvalue weighted by molar-refractivity contribution is 5.65. The van der Waals surface area contributed by atoms with Crippen LogP contribution in [0.25, 0.3) is 23.0 Å². The zero-order valence-electron chi connectivity index (χ0n) is 13.3. The quantitative estimate of drug-likeness (QED) is 0.547. The van der Waals surface area contributed by atoms with Crippen LogP contribution in [0.1, 0.15) is 5.56 Å². The molecule has 0 saturated carbocycles. The minimum absolute atomic E-state index is 0.109. The largest absolute Gasteiger partial charge is 0.441 e. The molecule has 3 aromatic heterocycles. The Bertz CT molecular complexity index is 1130. The van der Waals surface area contributed by atoms with Crippen LogP contribution >= 0.6 is 0 Å². The maximum absolute atomic E-state index is 12.7. The summed E-state index contributed by atoms with van der Waals surface area (Å²) in [5.41, 5.74) is -1.11. The number of aromatic nitrogens is 6. The van der Waals surface area contributed by atoms with Crippen molar-refractivity contribution in [1.29, 1.82) is 0 Å². The number of oxazole rings is 1. The van der Waals surface area contributed by atoms with Crippen molar-refractivity contribution >= 4 is 0 Å². The van der Waals surface area contributed by atoms with Gasteiger partial charge in [0.25, 0.3) is 0 Å². The van der Waals surface area contributed by atoms with E-state index in [4.69, 9.17) is 4.42 Å². The van der Waals surface area contributed by atoms with E-state index in [9.17, 15) is 18.0 Å². The van der Waals surface area contributed by atoms with Crippen molar-refractivity contribution in [3.63, 3.8) is 0 Å². The van der Waals surface area contributed by atoms with Gasteiger partial charge in [0.2, 0.25) is 0 Å². The molecule has 0 amide bonds. The lowest BCUT2D eigenvalue weighted by Gasteiger charge is -2.08. The molecular formula is C16H9F3N6O2. The number of benzene rings is 1. The average molecular weight is 374 g/mol. The number of alkyl halides is 3. The normalized spacial score (nSPS) is 11.7. The minimum Gasteiger partial charge on any atom is -0.441 e. The number of halogens is 3. The van der Waals surface area contributed by atoms with Crippen LogP contribution < -0.4 is 5.69 Å². The average Bonchev–Trinajstić information content (AvgIpc) is 3.33. The van der Waals surface area contributed by atoms with Crippen molar-refractivity contribution in [1.82, 2.24) is 29.3 Å². The van der Waals surface area contributed by atoms with Crippen LogP contribution in [0.3, 0.4) is 0 Å². The molecule has 136 valence electrons. The third-order valence-electron chi connectivity index (χ3n) is 3.69. The van der Waals surface area contributed by atoms with Gasteiger partial charge in [-0.05, 0) is 18.2 Å². The molecule has 1 aromatic carbocycles. The van der Waals surface area contributed by atoms with Gasteiger partial charge in [-0.15, -0.1) is 0 Å². The summed E-state index contributed by atoms with van der Waals surface area (Å²) in [4.78, 5) is 24.0. The van der Waals surface area contributed by atoms with E-state index in [2.05, 4.69) is 20.1 Å². The van der Waals surface area contributed by atoms with Crippen molar-refractivity contribution in [3.05, 3.63) is 71.6 Å². The Morgan fingerprint density at radius 2 is 1.85 bits per heavy atom. The molecule has 4 rings (SSSR count). The van der Waals surface area contributed by atoms with Crippen molar-refractivity contribution < 1.29 is 17.6 Å². The van der Waals surface area contributed by atoms with E-state index in [1.165, 1.54) is 41.7 Å². The predicted octanol–water partition coefficient (Wildman–Crippen LogP) is 2.49. The Balaban J connectivity index is 1.73. The maximum Gasteiger partial charge on any atom is 0.416 e. The number of hydrogen-bond donors (Lipinski definition) is 0. The molecule has 0 radical (unpaired) electrons. The van der Waals surface area contributed by atoms with E-state index < -0.39 is 17.4 Å². The zero-order chi connectivity index (χ0) is 19.0. The Labute approximate surface area is 148 Å². The van der Waals surface area contributed by atoms with Gasteiger partial charge in [-0.2, -0.15) is 28.2 Å². The zero-order valence-corrected chi connectivity index (χ0v) is 13.3. The van der Waals surface area contributed by atoms with Crippen LogP contribution in [0.2, 0.25) is 0 Å². The SMILES string of the molecule is O=c1nc(-n2cncn2)ccn1-c1ncoc1-c1ccc(C(F)(F)F)cc1. The second-order valence-electron chi connectivity index (χ2n) is 5.36. The molecule has 0 aliphatic carbocycles. The van der Waals surface area contributed by atoms with Crippen LogP contribution in [0.4, 0.5) is 13.2 Å². The molecule has 0 N–H and O–H groups in total. The molecule has 0 spiro atoms. The molecule has 11 heteroatoms. The van der Waals surface area contributed by atoms with Gasteiger partial charge in [0, 0.05) is 11.8 Å². The second kappa shape index (κ2) is 6.20. The van der Waals surface area contributed by atoms with Gasteiger partial charge in [-0.25, -0.2) is 19.0 Å². The van der Waals surface area contributed by atoms with E-state index in [0.29, 0.717) is 5.56 Å². The van der Waals surface area contributed by atoms with Gasteiger partial charge in [0.1, 0.15) is 12.7 Å². The molecule has 0 fully saturated rings. The Morgan fingerprint density at radius 1 is 1.07 bits per heavy atom. The number of nitrogens with zero attached hydrogens (tertiary/aromatic N) is 6. The molecule has 3 heterocycles. The molecule has 0 saturated heterocycles. The van der Waals surface area contributed by atoms with Crippen LogP contribution in [0.5, 0.6) is 0 Å². The fraction of sp³-hybridized carbons (Fsp3) is 0.0625. The lowest BCUT2D eigenvalue weighted by molar-refractivity contribution is -0.137. The van der Waals surface area contributed by atoms with E-state index in [0.717, 1.165) is 23.1 Å². The standard InChI is InChI=1S/C16H9F3N6O2/c17-16(18,19)11-3-1-10(2-4-11)13-14(21-9-27-13)24-6-5-12(23-15(24)26)25-8-20-7-22-25/h1-9H. The van der Waals surface area contributed by atoms with E-state index in [1.807, 2.05) is 0 Å². The Morgan fingerprint density at radius 3 is 2.48 bits per heavy atom. The van der Waals surface area contributed by atoms with E-state index in [1.54, 1.807) is 0 Å². The first-order valence-electron chi connectivity index (χ1n) is 7.50. The van der Waals surface area contributed by atoms with Crippen molar-refractivity contribution in [2.45, 2.75) is 6.18 Å². The predicted molar refractivity (Wildman–Crippen MR) is 85.3 cm³/mol. The maximum atomic E-state index is 12.7. The lowest BCUT2D eigenvalue weighted by Crippen LogP contribution is -2.23. The Hall–Kier alpha value is -3.76. The summed E-state index contributed by atoms with van der Waals surface area (Å²) in [5, 5.41) is 3.88. The van der Waals surface area contributed by atoms with Crippen LogP contribution in [-0.2, 0) is 6.18 Å². The summed E-state index contributed by atoms with van der Waals surface area (Å²) in [6.07, 6.45) is 0.752. The molecule has 8 nitrogen and oxygen atoms in total. The summed E-state index contributed by atoms with van der Waals surface area (Å²) < 4.78 is 45.9. The van der Waals surface area contributed by atoms with Crippen molar-refractivity contribution in [2.75, 3.05) is 0 Å². The van der Waals surface area contributed by atoms with Crippen LogP contribution in [0.15, 0.2) is 64.8 Å². The van der Waals surface area contributed by atoms with Gasteiger partial charge in [0.15, 0.2) is 23.8 Å². The van der Waals surface area contributed by atoms with Gasteiger partial charge < -0.3 is 4.42 Å². The molecule has 0 aliphatic rings. The molecule has 4 aromatic rings. The highest BCUT2D eigenvalue weighted by Crippen LogP contribution is 2.32. The van der Waals surface area contributed by atoms with Gasteiger partial charge >= 0.3 is 11.9 Å². The van der Waals surface area contributed by atoms with Gasteiger partial charge in [0.05, 0.1) is 5.56 Å². The van der Waals surface area contributed by atoms with E-state index in [-0.39, 0.29) is 17.4 Å².